The summed E-state index contributed by atoms with van der Waals surface area (Å²) in [6.07, 6.45) is 3.43. The van der Waals surface area contributed by atoms with Gasteiger partial charge in [0.05, 0.1) is 5.69 Å². The van der Waals surface area contributed by atoms with Crippen LogP contribution in [0, 0.1) is 5.82 Å². The van der Waals surface area contributed by atoms with Crippen LogP contribution in [0.5, 0.6) is 0 Å². The number of anilines is 3. The van der Waals surface area contributed by atoms with E-state index in [1.54, 1.807) is 24.5 Å². The standard InChI is InChI=1S/C19H20FN5/c1-19(2,3)25-18-23-16(13-7-9-21-10-8-13)12-17(24-18)22-15-6-4-5-14(20)11-15/h4-12H,1-3H3,(H2,22,23,24,25). The normalized spacial score (nSPS) is 11.2. The lowest BCUT2D eigenvalue weighted by molar-refractivity contribution is 0.626. The maximum Gasteiger partial charge on any atom is 0.225 e. The highest BCUT2D eigenvalue weighted by Crippen LogP contribution is 2.24. The number of nitrogens with zero attached hydrogens (tertiary/aromatic N) is 3. The van der Waals surface area contributed by atoms with Crippen molar-refractivity contribution in [2.24, 2.45) is 0 Å². The van der Waals surface area contributed by atoms with Gasteiger partial charge in [0.1, 0.15) is 11.6 Å². The predicted octanol–water partition coefficient (Wildman–Crippen LogP) is 4.63. The lowest BCUT2D eigenvalue weighted by Gasteiger charge is -2.21. The van der Waals surface area contributed by atoms with Crippen LogP contribution < -0.4 is 10.6 Å². The third-order valence-electron chi connectivity index (χ3n) is 3.29. The molecule has 3 rings (SSSR count). The van der Waals surface area contributed by atoms with Crippen molar-refractivity contribution in [3.05, 3.63) is 60.7 Å². The molecule has 3 aromatic rings. The van der Waals surface area contributed by atoms with Crippen LogP contribution in [0.3, 0.4) is 0 Å². The van der Waals surface area contributed by atoms with Crippen LogP contribution in [0.2, 0.25) is 0 Å². The molecule has 2 N–H and O–H groups in total. The van der Waals surface area contributed by atoms with Crippen molar-refractivity contribution in [3.8, 4) is 11.3 Å². The van der Waals surface area contributed by atoms with E-state index >= 15 is 0 Å². The zero-order valence-electron chi connectivity index (χ0n) is 14.4. The van der Waals surface area contributed by atoms with E-state index < -0.39 is 0 Å². The Kier molecular flexibility index (Phi) is 4.61. The minimum Gasteiger partial charge on any atom is -0.350 e. The molecule has 25 heavy (non-hydrogen) atoms. The van der Waals surface area contributed by atoms with Gasteiger partial charge in [-0.05, 0) is 51.1 Å². The Morgan fingerprint density at radius 3 is 2.40 bits per heavy atom. The number of nitrogens with one attached hydrogen (secondary N) is 2. The van der Waals surface area contributed by atoms with E-state index in [-0.39, 0.29) is 11.4 Å². The van der Waals surface area contributed by atoms with Gasteiger partial charge in [0, 0.05) is 35.2 Å². The molecule has 2 aromatic heterocycles. The summed E-state index contributed by atoms with van der Waals surface area (Å²) in [5.41, 5.74) is 2.12. The molecule has 5 nitrogen and oxygen atoms in total. The summed E-state index contributed by atoms with van der Waals surface area (Å²) >= 11 is 0. The fourth-order valence-corrected chi connectivity index (χ4v) is 2.29. The number of benzene rings is 1. The number of pyridine rings is 1. The highest BCUT2D eigenvalue weighted by Gasteiger charge is 2.14. The molecular weight excluding hydrogens is 317 g/mol. The maximum absolute atomic E-state index is 13.4. The molecule has 0 amide bonds. The van der Waals surface area contributed by atoms with Gasteiger partial charge >= 0.3 is 0 Å². The Morgan fingerprint density at radius 2 is 1.72 bits per heavy atom. The second kappa shape index (κ2) is 6.84. The van der Waals surface area contributed by atoms with Gasteiger partial charge in [-0.3, -0.25) is 4.98 Å². The van der Waals surface area contributed by atoms with Gasteiger partial charge in [-0.25, -0.2) is 9.37 Å². The fourth-order valence-electron chi connectivity index (χ4n) is 2.29. The fraction of sp³-hybridized carbons (Fsp3) is 0.211. The van der Waals surface area contributed by atoms with Crippen LogP contribution in [0.25, 0.3) is 11.3 Å². The molecule has 0 aliphatic rings. The zero-order valence-corrected chi connectivity index (χ0v) is 14.4. The first-order chi connectivity index (χ1) is 11.9. The van der Waals surface area contributed by atoms with Crippen molar-refractivity contribution in [2.75, 3.05) is 10.6 Å². The molecule has 2 heterocycles. The average molecular weight is 337 g/mol. The van der Waals surface area contributed by atoms with E-state index in [1.165, 1.54) is 12.1 Å². The highest BCUT2D eigenvalue weighted by molar-refractivity contribution is 5.67. The summed E-state index contributed by atoms with van der Waals surface area (Å²) in [4.78, 5) is 13.1. The molecule has 6 heteroatoms. The Morgan fingerprint density at radius 1 is 0.960 bits per heavy atom. The number of halogens is 1. The van der Waals surface area contributed by atoms with Crippen LogP contribution >= 0.6 is 0 Å². The number of hydrogen-bond acceptors (Lipinski definition) is 5. The first-order valence-electron chi connectivity index (χ1n) is 7.99. The van der Waals surface area contributed by atoms with Gasteiger partial charge in [0.15, 0.2) is 0 Å². The number of hydrogen-bond donors (Lipinski definition) is 2. The molecule has 0 atom stereocenters. The van der Waals surface area contributed by atoms with Gasteiger partial charge in [-0.15, -0.1) is 0 Å². The predicted molar refractivity (Wildman–Crippen MR) is 98.3 cm³/mol. The van der Waals surface area contributed by atoms with E-state index in [0.29, 0.717) is 17.5 Å². The molecule has 0 aliphatic heterocycles. The molecule has 0 unspecified atom stereocenters. The third-order valence-corrected chi connectivity index (χ3v) is 3.29. The van der Waals surface area contributed by atoms with Crippen LogP contribution in [0.1, 0.15) is 20.8 Å². The quantitative estimate of drug-likeness (QED) is 0.726. The van der Waals surface area contributed by atoms with Gasteiger partial charge in [-0.2, -0.15) is 4.98 Å². The monoisotopic (exact) mass is 337 g/mol. The lowest BCUT2D eigenvalue weighted by atomic mass is 10.1. The Labute approximate surface area is 146 Å². The number of aromatic nitrogens is 3. The van der Waals surface area contributed by atoms with Gasteiger partial charge < -0.3 is 10.6 Å². The zero-order chi connectivity index (χ0) is 17.9. The third kappa shape index (κ3) is 4.73. The molecule has 1 aromatic carbocycles. The summed E-state index contributed by atoms with van der Waals surface area (Å²) in [5, 5.41) is 6.41. The van der Waals surface area contributed by atoms with Crippen LogP contribution in [0.4, 0.5) is 21.8 Å². The van der Waals surface area contributed by atoms with Crippen LogP contribution in [-0.4, -0.2) is 20.5 Å². The molecule has 0 bridgehead atoms. The lowest BCUT2D eigenvalue weighted by Crippen LogP contribution is -2.27. The van der Waals surface area contributed by atoms with E-state index in [1.807, 2.05) is 39.0 Å². The minimum absolute atomic E-state index is 0.188. The topological polar surface area (TPSA) is 62.7 Å². The Balaban J connectivity index is 2.00. The summed E-state index contributed by atoms with van der Waals surface area (Å²) in [7, 11) is 0. The van der Waals surface area contributed by atoms with Crippen molar-refractivity contribution < 1.29 is 4.39 Å². The minimum atomic E-state index is -0.304. The molecular formula is C19H20FN5. The van der Waals surface area contributed by atoms with Gasteiger partial charge in [0.2, 0.25) is 5.95 Å². The highest BCUT2D eigenvalue weighted by atomic mass is 19.1. The Bertz CT molecular complexity index is 859. The first kappa shape index (κ1) is 16.8. The summed E-state index contributed by atoms with van der Waals surface area (Å²) in [6.45, 7) is 6.11. The van der Waals surface area contributed by atoms with Crippen molar-refractivity contribution in [2.45, 2.75) is 26.3 Å². The largest absolute Gasteiger partial charge is 0.350 e. The molecule has 0 fully saturated rings. The summed E-state index contributed by atoms with van der Waals surface area (Å²) in [5.74, 6) is 0.779. The number of rotatable bonds is 4. The molecule has 0 saturated heterocycles. The molecule has 0 radical (unpaired) electrons. The van der Waals surface area contributed by atoms with E-state index in [2.05, 4.69) is 25.6 Å². The Hall–Kier alpha value is -3.02. The van der Waals surface area contributed by atoms with E-state index in [9.17, 15) is 4.39 Å². The van der Waals surface area contributed by atoms with Crippen molar-refractivity contribution in [3.63, 3.8) is 0 Å². The van der Waals surface area contributed by atoms with Crippen LogP contribution in [-0.2, 0) is 0 Å². The summed E-state index contributed by atoms with van der Waals surface area (Å²) in [6, 6.07) is 11.9. The maximum atomic E-state index is 13.4. The molecule has 128 valence electrons. The van der Waals surface area contributed by atoms with E-state index in [0.717, 1.165) is 11.3 Å². The summed E-state index contributed by atoms with van der Waals surface area (Å²) < 4.78 is 13.4. The smallest absolute Gasteiger partial charge is 0.225 e. The van der Waals surface area contributed by atoms with E-state index in [4.69, 9.17) is 0 Å². The first-order valence-corrected chi connectivity index (χ1v) is 7.99. The molecule has 0 saturated carbocycles. The van der Waals surface area contributed by atoms with Crippen LogP contribution in [0.15, 0.2) is 54.9 Å². The second-order valence-electron chi connectivity index (χ2n) is 6.71. The van der Waals surface area contributed by atoms with Gasteiger partial charge in [-0.1, -0.05) is 6.07 Å². The molecule has 0 spiro atoms. The average Bonchev–Trinajstić information content (AvgIpc) is 2.54. The van der Waals surface area contributed by atoms with Crippen molar-refractivity contribution >= 4 is 17.5 Å². The SMILES string of the molecule is CC(C)(C)Nc1nc(Nc2cccc(F)c2)cc(-c2ccncc2)n1. The second-order valence-corrected chi connectivity index (χ2v) is 6.71. The molecule has 0 aliphatic carbocycles. The van der Waals surface area contributed by atoms with Crippen molar-refractivity contribution in [1.29, 1.82) is 0 Å². The van der Waals surface area contributed by atoms with Gasteiger partial charge in [0.25, 0.3) is 0 Å². The van der Waals surface area contributed by atoms with Crippen molar-refractivity contribution in [1.82, 2.24) is 15.0 Å².